The predicted octanol–water partition coefficient (Wildman–Crippen LogP) is 4.19. The summed E-state index contributed by atoms with van der Waals surface area (Å²) in [6, 6.07) is 22.5. The maximum absolute atomic E-state index is 12.3. The first-order chi connectivity index (χ1) is 17.0. The van der Waals surface area contributed by atoms with E-state index in [0.29, 0.717) is 11.3 Å². The number of ether oxygens (including phenoxy) is 1. The van der Waals surface area contributed by atoms with Gasteiger partial charge in [-0.25, -0.2) is 4.79 Å². The number of alkyl carbamates (subject to hydrolysis) is 1. The Kier molecular flexibility index (Phi) is 8.02. The Hall–Kier alpha value is -3.39. The van der Waals surface area contributed by atoms with Crippen LogP contribution < -0.4 is 10.6 Å². The molecule has 0 saturated carbocycles. The first-order valence-electron chi connectivity index (χ1n) is 11.4. The maximum atomic E-state index is 12.3. The molecule has 7 nitrogen and oxygen atoms in total. The summed E-state index contributed by atoms with van der Waals surface area (Å²) in [5.74, 6) is -0.0429. The number of amides is 2. The quantitative estimate of drug-likeness (QED) is 0.334. The second kappa shape index (κ2) is 11.4. The Morgan fingerprint density at radius 3 is 2.11 bits per heavy atom. The molecule has 2 amide bonds. The summed E-state index contributed by atoms with van der Waals surface area (Å²) >= 11 is 5.55. The summed E-state index contributed by atoms with van der Waals surface area (Å²) < 4.78 is 5.46. The fourth-order valence-electron chi connectivity index (χ4n) is 4.24. The van der Waals surface area contributed by atoms with Crippen molar-refractivity contribution in [3.63, 3.8) is 0 Å². The van der Waals surface area contributed by atoms with Gasteiger partial charge in [0.05, 0.1) is 0 Å². The van der Waals surface area contributed by atoms with Gasteiger partial charge in [-0.15, -0.1) is 11.6 Å². The van der Waals surface area contributed by atoms with E-state index in [2.05, 4.69) is 22.8 Å². The molecule has 4 rings (SSSR count). The van der Waals surface area contributed by atoms with E-state index >= 15 is 0 Å². The van der Waals surface area contributed by atoms with Crippen LogP contribution >= 0.6 is 11.6 Å². The predicted molar refractivity (Wildman–Crippen MR) is 134 cm³/mol. The van der Waals surface area contributed by atoms with Crippen molar-refractivity contribution < 1.29 is 24.5 Å². The second-order valence-corrected chi connectivity index (χ2v) is 8.71. The van der Waals surface area contributed by atoms with Crippen molar-refractivity contribution in [2.75, 3.05) is 24.3 Å². The van der Waals surface area contributed by atoms with Gasteiger partial charge < -0.3 is 25.6 Å². The van der Waals surface area contributed by atoms with Crippen LogP contribution in [0.3, 0.4) is 0 Å². The van der Waals surface area contributed by atoms with E-state index in [9.17, 15) is 19.8 Å². The van der Waals surface area contributed by atoms with Gasteiger partial charge in [0.2, 0.25) is 5.91 Å². The minimum atomic E-state index is -1.24. The molecular weight excluding hydrogens is 468 g/mol. The molecular formula is C27H27ClN2O5. The third kappa shape index (κ3) is 5.82. The molecule has 0 aromatic heterocycles. The monoisotopic (exact) mass is 494 g/mol. The van der Waals surface area contributed by atoms with Crippen LogP contribution in [-0.4, -0.2) is 47.3 Å². The average Bonchev–Trinajstić information content (AvgIpc) is 3.20. The zero-order valence-corrected chi connectivity index (χ0v) is 19.7. The van der Waals surface area contributed by atoms with Crippen LogP contribution in [0.1, 0.15) is 35.1 Å². The number of nitrogens with one attached hydrogen (secondary N) is 2. The molecule has 8 heteroatoms. The third-order valence-corrected chi connectivity index (χ3v) is 6.21. The van der Waals surface area contributed by atoms with E-state index < -0.39 is 18.3 Å². The molecule has 4 N–H and O–H groups in total. The van der Waals surface area contributed by atoms with Crippen molar-refractivity contribution in [3.05, 3.63) is 89.5 Å². The second-order valence-electron chi connectivity index (χ2n) is 8.33. The SMILES string of the molecule is O=C(CCCl)Nc1ccc(C(O)C(O)CNC(=O)OCC2c3ccccc3-c3ccccc32)cc1. The fourth-order valence-corrected chi connectivity index (χ4v) is 4.42. The van der Waals surface area contributed by atoms with Gasteiger partial charge in [-0.3, -0.25) is 4.79 Å². The van der Waals surface area contributed by atoms with Crippen molar-refractivity contribution in [2.24, 2.45) is 0 Å². The molecule has 0 aliphatic heterocycles. The smallest absolute Gasteiger partial charge is 0.407 e. The lowest BCUT2D eigenvalue weighted by Crippen LogP contribution is -2.36. The highest BCUT2D eigenvalue weighted by Gasteiger charge is 2.29. The average molecular weight is 495 g/mol. The van der Waals surface area contributed by atoms with Gasteiger partial charge in [0.25, 0.3) is 0 Å². The molecule has 1 aliphatic rings. The first kappa shape index (κ1) is 24.7. The third-order valence-electron chi connectivity index (χ3n) is 6.02. The summed E-state index contributed by atoms with van der Waals surface area (Å²) in [5, 5.41) is 26.0. The van der Waals surface area contributed by atoms with Gasteiger partial charge in [-0.2, -0.15) is 0 Å². The molecule has 182 valence electrons. The minimum absolute atomic E-state index is 0.0629. The van der Waals surface area contributed by atoms with Gasteiger partial charge >= 0.3 is 6.09 Å². The van der Waals surface area contributed by atoms with Gasteiger partial charge in [0.1, 0.15) is 18.8 Å². The van der Waals surface area contributed by atoms with Gasteiger partial charge in [-0.1, -0.05) is 60.7 Å². The van der Waals surface area contributed by atoms with Crippen LogP contribution in [0.5, 0.6) is 0 Å². The normalized spacial score (nSPS) is 13.9. The zero-order chi connectivity index (χ0) is 24.8. The molecule has 0 radical (unpaired) electrons. The summed E-state index contributed by atoms with van der Waals surface area (Å²) in [6.45, 7) is -0.0263. The first-order valence-corrected chi connectivity index (χ1v) is 11.9. The number of carbonyl (C=O) groups is 2. The number of alkyl halides is 1. The lowest BCUT2D eigenvalue weighted by atomic mass is 9.98. The lowest BCUT2D eigenvalue weighted by Gasteiger charge is -2.19. The topological polar surface area (TPSA) is 108 Å². The largest absolute Gasteiger partial charge is 0.449 e. The number of halogens is 1. The molecule has 0 heterocycles. The molecule has 3 aromatic rings. The number of benzene rings is 3. The molecule has 35 heavy (non-hydrogen) atoms. The molecule has 2 atom stereocenters. The van der Waals surface area contributed by atoms with E-state index in [4.69, 9.17) is 16.3 Å². The van der Waals surface area contributed by atoms with E-state index in [1.54, 1.807) is 24.3 Å². The van der Waals surface area contributed by atoms with Crippen LogP contribution in [0.15, 0.2) is 72.8 Å². The molecule has 0 bridgehead atoms. The van der Waals surface area contributed by atoms with Crippen molar-refractivity contribution >= 4 is 29.3 Å². The van der Waals surface area contributed by atoms with Gasteiger partial charge in [0.15, 0.2) is 0 Å². The summed E-state index contributed by atoms with van der Waals surface area (Å²) in [4.78, 5) is 23.9. The summed E-state index contributed by atoms with van der Waals surface area (Å²) in [5.41, 5.74) is 5.50. The molecule has 0 spiro atoms. The Labute approximate surface area is 208 Å². The fraction of sp³-hybridized carbons (Fsp3) is 0.259. The van der Waals surface area contributed by atoms with Crippen molar-refractivity contribution in [2.45, 2.75) is 24.5 Å². The number of anilines is 1. The highest BCUT2D eigenvalue weighted by molar-refractivity contribution is 6.19. The number of carbonyl (C=O) groups excluding carboxylic acids is 2. The lowest BCUT2D eigenvalue weighted by molar-refractivity contribution is -0.115. The number of aliphatic hydroxyl groups excluding tert-OH is 2. The molecule has 2 unspecified atom stereocenters. The standard InChI is InChI=1S/C27H27ClN2O5/c28-14-13-25(32)30-18-11-9-17(10-12-18)26(33)24(31)15-29-27(34)35-16-23-21-7-3-1-5-19(21)20-6-2-4-8-22(20)23/h1-12,23-24,26,31,33H,13-16H2,(H,29,34)(H,30,32). The van der Waals surface area contributed by atoms with E-state index in [0.717, 1.165) is 22.3 Å². The molecule has 1 aliphatic carbocycles. The Bertz CT molecular complexity index is 1140. The van der Waals surface area contributed by atoms with Crippen molar-refractivity contribution in [1.29, 1.82) is 0 Å². The number of hydrogen-bond donors (Lipinski definition) is 4. The van der Waals surface area contributed by atoms with Crippen LogP contribution in [0.2, 0.25) is 0 Å². The van der Waals surface area contributed by atoms with Crippen LogP contribution in [0, 0.1) is 0 Å². The maximum Gasteiger partial charge on any atom is 0.407 e. The summed E-state index contributed by atoms with van der Waals surface area (Å²) in [7, 11) is 0. The van der Waals surface area contributed by atoms with E-state index in [1.807, 2.05) is 36.4 Å². The number of rotatable bonds is 9. The summed E-state index contributed by atoms with van der Waals surface area (Å²) in [6.07, 6.45) is -2.94. The van der Waals surface area contributed by atoms with Crippen molar-refractivity contribution in [3.8, 4) is 11.1 Å². The van der Waals surface area contributed by atoms with Gasteiger partial charge in [0, 0.05) is 30.5 Å². The Morgan fingerprint density at radius 2 is 1.51 bits per heavy atom. The molecule has 0 saturated heterocycles. The van der Waals surface area contributed by atoms with Crippen LogP contribution in [0.4, 0.5) is 10.5 Å². The van der Waals surface area contributed by atoms with E-state index in [1.165, 1.54) is 0 Å². The Morgan fingerprint density at radius 1 is 0.914 bits per heavy atom. The molecule has 0 fully saturated rings. The highest BCUT2D eigenvalue weighted by Crippen LogP contribution is 2.44. The zero-order valence-electron chi connectivity index (χ0n) is 19.0. The van der Waals surface area contributed by atoms with Gasteiger partial charge in [-0.05, 0) is 39.9 Å². The van der Waals surface area contributed by atoms with Crippen LogP contribution in [-0.2, 0) is 9.53 Å². The Balaban J connectivity index is 1.28. The molecule has 3 aromatic carbocycles. The van der Waals surface area contributed by atoms with E-state index in [-0.39, 0.29) is 37.3 Å². The van der Waals surface area contributed by atoms with Crippen LogP contribution in [0.25, 0.3) is 11.1 Å². The number of hydrogen-bond acceptors (Lipinski definition) is 5. The van der Waals surface area contributed by atoms with Crippen molar-refractivity contribution in [1.82, 2.24) is 5.32 Å². The number of fused-ring (bicyclic) bond motifs is 3. The number of aliphatic hydroxyl groups is 2. The minimum Gasteiger partial charge on any atom is -0.449 e. The highest BCUT2D eigenvalue weighted by atomic mass is 35.5.